The van der Waals surface area contributed by atoms with Crippen molar-refractivity contribution in [2.24, 2.45) is 0 Å². The Bertz CT molecular complexity index is 516. The van der Waals surface area contributed by atoms with Gasteiger partial charge in [-0.05, 0) is 12.1 Å². The third-order valence-electron chi connectivity index (χ3n) is 3.25. The van der Waals surface area contributed by atoms with Gasteiger partial charge in [0.15, 0.2) is 0 Å². The normalized spacial score (nSPS) is 15.6. The molecule has 1 heterocycles. The number of para-hydroxylation sites is 1. The molecular weight excluding hydrogens is 246 g/mol. The van der Waals surface area contributed by atoms with Crippen LogP contribution in [0.25, 0.3) is 0 Å². The van der Waals surface area contributed by atoms with Crippen molar-refractivity contribution in [1.82, 2.24) is 4.90 Å². The molecule has 0 atom stereocenters. The zero-order valence-corrected chi connectivity index (χ0v) is 11.0. The SMILES string of the molecule is COC(=O)c1cccc(N)c1N1CCN(C)C(=O)C1. The summed E-state index contributed by atoms with van der Waals surface area (Å²) in [6, 6.07) is 5.06. The van der Waals surface area contributed by atoms with Gasteiger partial charge in [0.2, 0.25) is 5.91 Å². The van der Waals surface area contributed by atoms with Crippen LogP contribution >= 0.6 is 0 Å². The average Bonchev–Trinajstić information content (AvgIpc) is 2.41. The Kier molecular flexibility index (Phi) is 3.59. The second-order valence-electron chi connectivity index (χ2n) is 4.47. The minimum atomic E-state index is -0.450. The molecule has 1 amide bonds. The number of piperazine rings is 1. The summed E-state index contributed by atoms with van der Waals surface area (Å²) in [6.45, 7) is 1.46. The summed E-state index contributed by atoms with van der Waals surface area (Å²) in [5, 5.41) is 0. The highest BCUT2D eigenvalue weighted by Gasteiger charge is 2.26. The van der Waals surface area contributed by atoms with Crippen LogP contribution in [0.3, 0.4) is 0 Å². The van der Waals surface area contributed by atoms with Gasteiger partial charge in [0.05, 0.1) is 30.6 Å². The monoisotopic (exact) mass is 263 g/mol. The fourth-order valence-corrected chi connectivity index (χ4v) is 2.14. The molecule has 0 bridgehead atoms. The topological polar surface area (TPSA) is 75.9 Å². The van der Waals surface area contributed by atoms with Gasteiger partial charge in [-0.2, -0.15) is 0 Å². The molecule has 1 aromatic rings. The largest absolute Gasteiger partial charge is 0.465 e. The molecule has 0 aliphatic carbocycles. The summed E-state index contributed by atoms with van der Waals surface area (Å²) in [5.41, 5.74) is 7.39. The Balaban J connectivity index is 2.38. The van der Waals surface area contributed by atoms with Crippen LogP contribution in [0.4, 0.5) is 11.4 Å². The van der Waals surface area contributed by atoms with Crippen LogP contribution in [0.5, 0.6) is 0 Å². The number of rotatable bonds is 2. The molecule has 2 N–H and O–H groups in total. The Morgan fingerprint density at radius 1 is 1.37 bits per heavy atom. The predicted molar refractivity (Wildman–Crippen MR) is 72.0 cm³/mol. The van der Waals surface area contributed by atoms with Crippen molar-refractivity contribution in [2.75, 3.05) is 44.4 Å². The molecule has 102 valence electrons. The van der Waals surface area contributed by atoms with E-state index in [4.69, 9.17) is 10.5 Å². The highest BCUT2D eigenvalue weighted by Crippen LogP contribution is 2.29. The summed E-state index contributed by atoms with van der Waals surface area (Å²) in [7, 11) is 3.08. The number of anilines is 2. The van der Waals surface area contributed by atoms with Crippen molar-refractivity contribution in [2.45, 2.75) is 0 Å². The molecular formula is C13H17N3O3. The van der Waals surface area contributed by atoms with Crippen molar-refractivity contribution >= 4 is 23.3 Å². The molecule has 1 aliphatic rings. The first-order chi connectivity index (χ1) is 9.04. The quantitative estimate of drug-likeness (QED) is 0.615. The number of nitrogens with zero attached hydrogens (tertiary/aromatic N) is 2. The lowest BCUT2D eigenvalue weighted by atomic mass is 10.1. The van der Waals surface area contributed by atoms with Gasteiger partial charge in [-0.3, -0.25) is 4.79 Å². The van der Waals surface area contributed by atoms with Crippen molar-refractivity contribution in [3.8, 4) is 0 Å². The van der Waals surface area contributed by atoms with E-state index in [-0.39, 0.29) is 12.5 Å². The number of benzene rings is 1. The predicted octanol–water partition coefficient (Wildman–Crippen LogP) is 0.334. The summed E-state index contributed by atoms with van der Waals surface area (Å²) in [5.74, 6) is -0.445. The molecule has 1 saturated heterocycles. The summed E-state index contributed by atoms with van der Waals surface area (Å²) in [6.07, 6.45) is 0. The van der Waals surface area contributed by atoms with Crippen LogP contribution in [0.1, 0.15) is 10.4 Å². The molecule has 0 aromatic heterocycles. The standard InChI is InChI=1S/C13H17N3O3/c1-15-6-7-16(8-11(15)17)12-9(13(18)19-2)4-3-5-10(12)14/h3-5H,6-8,14H2,1-2H3. The molecule has 1 aliphatic heterocycles. The van der Waals surface area contributed by atoms with Crippen LogP contribution in [-0.4, -0.2) is 50.6 Å². The number of likely N-dealkylation sites (N-methyl/N-ethyl adjacent to an activating group) is 1. The summed E-state index contributed by atoms with van der Waals surface area (Å²) >= 11 is 0. The van der Waals surface area contributed by atoms with E-state index < -0.39 is 5.97 Å². The van der Waals surface area contributed by atoms with E-state index in [9.17, 15) is 9.59 Å². The van der Waals surface area contributed by atoms with Crippen LogP contribution in [0, 0.1) is 0 Å². The van der Waals surface area contributed by atoms with Gasteiger partial charge in [-0.15, -0.1) is 0 Å². The maximum atomic E-state index is 11.8. The van der Waals surface area contributed by atoms with Gasteiger partial charge >= 0.3 is 5.97 Å². The van der Waals surface area contributed by atoms with E-state index in [1.165, 1.54) is 7.11 Å². The minimum absolute atomic E-state index is 0.00492. The number of methoxy groups -OCH3 is 1. The molecule has 0 saturated carbocycles. The maximum Gasteiger partial charge on any atom is 0.340 e. The van der Waals surface area contributed by atoms with Gasteiger partial charge in [-0.1, -0.05) is 6.07 Å². The first kappa shape index (κ1) is 13.2. The smallest absolute Gasteiger partial charge is 0.340 e. The fourth-order valence-electron chi connectivity index (χ4n) is 2.14. The van der Waals surface area contributed by atoms with Crippen LogP contribution in [0.15, 0.2) is 18.2 Å². The number of carbonyl (C=O) groups is 2. The number of hydrogen-bond donors (Lipinski definition) is 1. The number of hydrogen-bond acceptors (Lipinski definition) is 5. The fraction of sp³-hybridized carbons (Fsp3) is 0.385. The number of carbonyl (C=O) groups excluding carboxylic acids is 2. The molecule has 6 heteroatoms. The number of amides is 1. The first-order valence-corrected chi connectivity index (χ1v) is 6.00. The van der Waals surface area contributed by atoms with Crippen molar-refractivity contribution in [3.63, 3.8) is 0 Å². The van der Waals surface area contributed by atoms with Crippen LogP contribution in [-0.2, 0) is 9.53 Å². The maximum absolute atomic E-state index is 11.8. The minimum Gasteiger partial charge on any atom is -0.465 e. The first-order valence-electron chi connectivity index (χ1n) is 6.00. The average molecular weight is 263 g/mol. The van der Waals surface area contributed by atoms with Gasteiger partial charge in [0.1, 0.15) is 0 Å². The second-order valence-corrected chi connectivity index (χ2v) is 4.47. The zero-order chi connectivity index (χ0) is 14.0. The van der Waals surface area contributed by atoms with Crippen LogP contribution in [0.2, 0.25) is 0 Å². The Morgan fingerprint density at radius 2 is 2.11 bits per heavy atom. The third kappa shape index (κ3) is 2.47. The van der Waals surface area contributed by atoms with Crippen molar-refractivity contribution < 1.29 is 14.3 Å². The molecule has 0 radical (unpaired) electrons. The molecule has 1 fully saturated rings. The third-order valence-corrected chi connectivity index (χ3v) is 3.25. The van der Waals surface area contributed by atoms with Gasteiger partial charge in [0, 0.05) is 20.1 Å². The Hall–Kier alpha value is -2.24. The second kappa shape index (κ2) is 5.17. The lowest BCUT2D eigenvalue weighted by molar-refractivity contribution is -0.129. The number of esters is 1. The summed E-state index contributed by atoms with van der Waals surface area (Å²) < 4.78 is 4.75. The van der Waals surface area contributed by atoms with Crippen LogP contribution < -0.4 is 10.6 Å². The molecule has 6 nitrogen and oxygen atoms in total. The molecule has 19 heavy (non-hydrogen) atoms. The van der Waals surface area contributed by atoms with Crippen molar-refractivity contribution in [1.29, 1.82) is 0 Å². The van der Waals surface area contributed by atoms with E-state index >= 15 is 0 Å². The van der Waals surface area contributed by atoms with Gasteiger partial charge < -0.3 is 20.3 Å². The number of ether oxygens (including phenoxy) is 1. The number of nitrogen functional groups attached to an aromatic ring is 1. The van der Waals surface area contributed by atoms with E-state index in [0.29, 0.717) is 30.0 Å². The molecule has 2 rings (SSSR count). The Morgan fingerprint density at radius 3 is 2.74 bits per heavy atom. The van der Waals surface area contributed by atoms with E-state index in [0.717, 1.165) is 0 Å². The zero-order valence-electron chi connectivity index (χ0n) is 11.0. The van der Waals surface area contributed by atoms with E-state index in [1.54, 1.807) is 30.1 Å². The van der Waals surface area contributed by atoms with E-state index in [2.05, 4.69) is 0 Å². The number of nitrogens with two attached hydrogens (primary N) is 1. The van der Waals surface area contributed by atoms with Gasteiger partial charge in [0.25, 0.3) is 0 Å². The highest BCUT2D eigenvalue weighted by atomic mass is 16.5. The van der Waals surface area contributed by atoms with E-state index in [1.807, 2.05) is 4.90 Å². The lowest BCUT2D eigenvalue weighted by Crippen LogP contribution is -2.49. The lowest BCUT2D eigenvalue weighted by Gasteiger charge is -2.34. The molecule has 0 spiro atoms. The van der Waals surface area contributed by atoms with Crippen molar-refractivity contribution in [3.05, 3.63) is 23.8 Å². The molecule has 1 aromatic carbocycles. The Labute approximate surface area is 111 Å². The highest BCUT2D eigenvalue weighted by molar-refractivity contribution is 6.00. The summed E-state index contributed by atoms with van der Waals surface area (Å²) in [4.78, 5) is 27.0. The molecule has 0 unspecified atom stereocenters. The van der Waals surface area contributed by atoms with Gasteiger partial charge in [-0.25, -0.2) is 4.79 Å².